The van der Waals surface area contributed by atoms with E-state index in [0.29, 0.717) is 5.75 Å². The van der Waals surface area contributed by atoms with Crippen molar-refractivity contribution in [1.29, 1.82) is 0 Å². The lowest BCUT2D eigenvalue weighted by Crippen LogP contribution is -2.31. The van der Waals surface area contributed by atoms with E-state index < -0.39 is 5.97 Å². The molecule has 24 heavy (non-hydrogen) atoms. The first-order valence-corrected chi connectivity index (χ1v) is 8.52. The standard InChI is InChI=1S/C18H21NO4S/c1-12-6-4-7-15(13(12)2)22-11-18(21)23-10-17(20)19-14(3)16-8-5-9-24-16/h4-9,14H,10-11H2,1-3H3,(H,19,20)/t14-/m0/s1. The summed E-state index contributed by atoms with van der Waals surface area (Å²) < 4.78 is 10.4. The third-order valence-corrected chi connectivity index (χ3v) is 4.67. The Hall–Kier alpha value is -2.34. The average Bonchev–Trinajstić information content (AvgIpc) is 3.09. The molecule has 128 valence electrons. The second-order valence-corrected chi connectivity index (χ2v) is 6.43. The van der Waals surface area contributed by atoms with Crippen LogP contribution in [0.15, 0.2) is 35.7 Å². The van der Waals surface area contributed by atoms with Crippen LogP contribution in [0.2, 0.25) is 0 Å². The summed E-state index contributed by atoms with van der Waals surface area (Å²) in [5, 5.41) is 4.73. The fourth-order valence-corrected chi connectivity index (χ4v) is 2.83. The maximum atomic E-state index is 11.8. The average molecular weight is 347 g/mol. The van der Waals surface area contributed by atoms with Crippen molar-refractivity contribution >= 4 is 23.2 Å². The SMILES string of the molecule is Cc1cccc(OCC(=O)OCC(=O)N[C@@H](C)c2cccs2)c1C. The first-order valence-electron chi connectivity index (χ1n) is 7.64. The van der Waals surface area contributed by atoms with Crippen molar-refractivity contribution in [2.75, 3.05) is 13.2 Å². The van der Waals surface area contributed by atoms with Gasteiger partial charge in [-0.3, -0.25) is 4.79 Å². The van der Waals surface area contributed by atoms with Gasteiger partial charge in [0.05, 0.1) is 6.04 Å². The van der Waals surface area contributed by atoms with E-state index in [1.165, 1.54) is 0 Å². The number of rotatable bonds is 7. The number of hydrogen-bond acceptors (Lipinski definition) is 5. The highest BCUT2D eigenvalue weighted by molar-refractivity contribution is 7.10. The largest absolute Gasteiger partial charge is 0.482 e. The lowest BCUT2D eigenvalue weighted by atomic mass is 10.1. The zero-order valence-electron chi connectivity index (χ0n) is 14.0. The number of esters is 1. The summed E-state index contributed by atoms with van der Waals surface area (Å²) in [6.07, 6.45) is 0. The van der Waals surface area contributed by atoms with Crippen molar-refractivity contribution in [3.63, 3.8) is 0 Å². The Labute approximate surface area is 145 Å². The molecule has 0 saturated carbocycles. The third kappa shape index (κ3) is 5.09. The van der Waals surface area contributed by atoms with Crippen molar-refractivity contribution in [1.82, 2.24) is 5.32 Å². The molecule has 1 N–H and O–H groups in total. The molecule has 1 amide bonds. The van der Waals surface area contributed by atoms with Gasteiger partial charge in [0.2, 0.25) is 0 Å². The highest BCUT2D eigenvalue weighted by atomic mass is 32.1. The van der Waals surface area contributed by atoms with Crippen LogP contribution in [0, 0.1) is 13.8 Å². The van der Waals surface area contributed by atoms with Crippen LogP contribution in [0.3, 0.4) is 0 Å². The summed E-state index contributed by atoms with van der Waals surface area (Å²) in [5.41, 5.74) is 2.07. The third-order valence-electron chi connectivity index (χ3n) is 3.61. The van der Waals surface area contributed by atoms with Gasteiger partial charge in [0.1, 0.15) is 5.75 Å². The molecule has 0 fully saturated rings. The maximum Gasteiger partial charge on any atom is 0.344 e. The lowest BCUT2D eigenvalue weighted by molar-refractivity contribution is -0.150. The number of thiophene rings is 1. The van der Waals surface area contributed by atoms with Crippen molar-refractivity contribution in [2.24, 2.45) is 0 Å². The molecule has 0 bridgehead atoms. The Kier molecular flexibility index (Phi) is 6.37. The minimum absolute atomic E-state index is 0.109. The van der Waals surface area contributed by atoms with Crippen molar-refractivity contribution < 1.29 is 19.1 Å². The summed E-state index contributed by atoms with van der Waals surface area (Å²) in [6, 6.07) is 9.39. The molecule has 0 unspecified atom stereocenters. The van der Waals surface area contributed by atoms with Gasteiger partial charge >= 0.3 is 5.97 Å². The molecule has 6 heteroatoms. The van der Waals surface area contributed by atoms with Crippen LogP contribution < -0.4 is 10.1 Å². The fourth-order valence-electron chi connectivity index (χ4n) is 2.10. The summed E-state index contributed by atoms with van der Waals surface area (Å²) in [5.74, 6) is -0.270. The molecule has 5 nitrogen and oxygen atoms in total. The molecule has 0 radical (unpaired) electrons. The van der Waals surface area contributed by atoms with Gasteiger partial charge in [0.15, 0.2) is 13.2 Å². The smallest absolute Gasteiger partial charge is 0.344 e. The van der Waals surface area contributed by atoms with Gasteiger partial charge in [-0.2, -0.15) is 0 Å². The van der Waals surface area contributed by atoms with Crippen LogP contribution in [-0.2, 0) is 14.3 Å². The summed E-state index contributed by atoms with van der Waals surface area (Å²) >= 11 is 1.56. The monoisotopic (exact) mass is 347 g/mol. The van der Waals surface area contributed by atoms with Crippen LogP contribution >= 0.6 is 11.3 Å². The number of benzene rings is 1. The zero-order chi connectivity index (χ0) is 17.5. The Balaban J connectivity index is 1.73. The highest BCUT2D eigenvalue weighted by Gasteiger charge is 2.13. The lowest BCUT2D eigenvalue weighted by Gasteiger charge is -2.13. The summed E-state index contributed by atoms with van der Waals surface area (Å²) in [6.45, 7) is 5.24. The fraction of sp³-hybridized carbons (Fsp3) is 0.333. The maximum absolute atomic E-state index is 11.8. The van der Waals surface area contributed by atoms with Crippen LogP contribution in [0.1, 0.15) is 29.0 Å². The van der Waals surface area contributed by atoms with E-state index in [0.717, 1.165) is 16.0 Å². The van der Waals surface area contributed by atoms with E-state index in [1.807, 2.05) is 50.4 Å². The topological polar surface area (TPSA) is 64.6 Å². The van der Waals surface area contributed by atoms with E-state index in [1.54, 1.807) is 17.4 Å². The van der Waals surface area contributed by atoms with Gasteiger partial charge < -0.3 is 14.8 Å². The minimum atomic E-state index is -0.574. The number of carbonyl (C=O) groups excluding carboxylic acids is 2. The molecule has 2 rings (SSSR count). The quantitative estimate of drug-likeness (QED) is 0.782. The summed E-state index contributed by atoms with van der Waals surface area (Å²) in [7, 11) is 0. The van der Waals surface area contributed by atoms with Gasteiger partial charge in [-0.25, -0.2) is 4.79 Å². The molecule has 0 spiro atoms. The molecule has 1 heterocycles. The Morgan fingerprint density at radius 1 is 1.17 bits per heavy atom. The van der Waals surface area contributed by atoms with Crippen LogP contribution in [-0.4, -0.2) is 25.1 Å². The van der Waals surface area contributed by atoms with E-state index in [9.17, 15) is 9.59 Å². The van der Waals surface area contributed by atoms with Crippen LogP contribution in [0.4, 0.5) is 0 Å². The molecule has 0 saturated heterocycles. The van der Waals surface area contributed by atoms with Gasteiger partial charge in [-0.05, 0) is 49.4 Å². The van der Waals surface area contributed by atoms with Crippen molar-refractivity contribution in [3.8, 4) is 5.75 Å². The summed E-state index contributed by atoms with van der Waals surface area (Å²) in [4.78, 5) is 24.6. The normalized spacial score (nSPS) is 11.6. The molecule has 2 aromatic rings. The second kappa shape index (κ2) is 8.49. The highest BCUT2D eigenvalue weighted by Crippen LogP contribution is 2.20. The predicted molar refractivity (Wildman–Crippen MR) is 93.2 cm³/mol. The molecule has 1 aromatic carbocycles. The van der Waals surface area contributed by atoms with Gasteiger partial charge in [0.25, 0.3) is 5.91 Å². The van der Waals surface area contributed by atoms with E-state index >= 15 is 0 Å². The van der Waals surface area contributed by atoms with Gasteiger partial charge in [0, 0.05) is 4.88 Å². The Bertz CT molecular complexity index is 697. The number of aryl methyl sites for hydroxylation is 1. The van der Waals surface area contributed by atoms with Crippen molar-refractivity contribution in [3.05, 3.63) is 51.7 Å². The first-order chi connectivity index (χ1) is 11.5. The number of ether oxygens (including phenoxy) is 2. The van der Waals surface area contributed by atoms with Crippen LogP contribution in [0.25, 0.3) is 0 Å². The first kappa shape index (κ1) is 18.0. The molecule has 1 atom stereocenters. The van der Waals surface area contributed by atoms with Gasteiger partial charge in [-0.1, -0.05) is 18.2 Å². The van der Waals surface area contributed by atoms with E-state index in [2.05, 4.69) is 5.32 Å². The molecule has 0 aliphatic heterocycles. The van der Waals surface area contributed by atoms with Gasteiger partial charge in [-0.15, -0.1) is 11.3 Å². The number of carbonyl (C=O) groups is 2. The number of nitrogens with one attached hydrogen (secondary N) is 1. The Morgan fingerprint density at radius 2 is 1.96 bits per heavy atom. The molecular weight excluding hydrogens is 326 g/mol. The Morgan fingerprint density at radius 3 is 2.67 bits per heavy atom. The second-order valence-electron chi connectivity index (χ2n) is 5.45. The number of amides is 1. The molecule has 0 aliphatic carbocycles. The molecule has 0 aliphatic rings. The van der Waals surface area contributed by atoms with Crippen molar-refractivity contribution in [2.45, 2.75) is 26.8 Å². The molecular formula is C18H21NO4S. The van der Waals surface area contributed by atoms with E-state index in [-0.39, 0.29) is 25.2 Å². The number of hydrogen-bond donors (Lipinski definition) is 1. The minimum Gasteiger partial charge on any atom is -0.482 e. The molecule has 1 aromatic heterocycles. The van der Waals surface area contributed by atoms with E-state index in [4.69, 9.17) is 9.47 Å². The zero-order valence-corrected chi connectivity index (χ0v) is 14.8. The predicted octanol–water partition coefficient (Wildman–Crippen LogP) is 3.16. The van der Waals surface area contributed by atoms with Crippen LogP contribution in [0.5, 0.6) is 5.75 Å².